The van der Waals surface area contributed by atoms with Crippen LogP contribution in [0.1, 0.15) is 16.8 Å². The Hall–Kier alpha value is -2.08. The van der Waals surface area contributed by atoms with Gasteiger partial charge >= 0.3 is 0 Å². The number of nitrogens with zero attached hydrogens (tertiary/aromatic N) is 2. The summed E-state index contributed by atoms with van der Waals surface area (Å²) in [5, 5.41) is 6.31. The van der Waals surface area contributed by atoms with E-state index in [0.717, 1.165) is 37.6 Å². The summed E-state index contributed by atoms with van der Waals surface area (Å²) in [5.41, 5.74) is 2.36. The smallest absolute Gasteiger partial charge is 0.253 e. The molecule has 0 bridgehead atoms. The van der Waals surface area contributed by atoms with E-state index in [-0.39, 0.29) is 11.8 Å². The Labute approximate surface area is 135 Å². The summed E-state index contributed by atoms with van der Waals surface area (Å²) in [6, 6.07) is 5.64. The Bertz CT molecular complexity index is 648. The first-order valence-electron chi connectivity index (χ1n) is 8.27. The van der Waals surface area contributed by atoms with E-state index in [4.69, 9.17) is 0 Å². The maximum Gasteiger partial charge on any atom is 0.253 e. The Morgan fingerprint density at radius 2 is 1.96 bits per heavy atom. The summed E-state index contributed by atoms with van der Waals surface area (Å²) < 4.78 is 0. The van der Waals surface area contributed by atoms with Crippen molar-refractivity contribution in [1.82, 2.24) is 10.2 Å². The van der Waals surface area contributed by atoms with Crippen LogP contribution in [0.5, 0.6) is 0 Å². The first-order valence-corrected chi connectivity index (χ1v) is 8.27. The van der Waals surface area contributed by atoms with Crippen molar-refractivity contribution < 1.29 is 9.59 Å². The topological polar surface area (TPSA) is 64.7 Å². The summed E-state index contributed by atoms with van der Waals surface area (Å²) in [6.45, 7) is 4.38. The molecule has 122 valence electrons. The highest BCUT2D eigenvalue weighted by Gasteiger charge is 2.38. The standard InChI is InChI=1S/C17H22N4O2/c1-20-5-4-16(22)19-14-6-11(2-3-15(14)20)17(23)21-9-12-7-18-8-13(12)10-21/h2-3,6,12-13,18H,4-5,7-10H2,1H3,(H,19,22)/t12-,13+. The molecule has 23 heavy (non-hydrogen) atoms. The maximum atomic E-state index is 12.8. The average molecular weight is 314 g/mol. The molecule has 0 radical (unpaired) electrons. The first-order chi connectivity index (χ1) is 11.1. The largest absolute Gasteiger partial charge is 0.372 e. The Balaban J connectivity index is 1.58. The maximum absolute atomic E-state index is 12.8. The lowest BCUT2D eigenvalue weighted by Gasteiger charge is -2.21. The minimum absolute atomic E-state index is 0.00183. The fourth-order valence-corrected chi connectivity index (χ4v) is 3.91. The van der Waals surface area contributed by atoms with Gasteiger partial charge in [-0.1, -0.05) is 0 Å². The number of benzene rings is 1. The van der Waals surface area contributed by atoms with Gasteiger partial charge in [0.2, 0.25) is 5.91 Å². The third-order valence-corrected chi connectivity index (χ3v) is 5.28. The van der Waals surface area contributed by atoms with E-state index in [1.54, 1.807) is 0 Å². The van der Waals surface area contributed by atoms with Gasteiger partial charge in [-0.05, 0) is 30.0 Å². The van der Waals surface area contributed by atoms with Crippen LogP contribution in [-0.4, -0.2) is 56.5 Å². The normalized spacial score (nSPS) is 26.6. The van der Waals surface area contributed by atoms with Crippen molar-refractivity contribution in [3.8, 4) is 0 Å². The van der Waals surface area contributed by atoms with Gasteiger partial charge in [-0.2, -0.15) is 0 Å². The summed E-state index contributed by atoms with van der Waals surface area (Å²) in [5.74, 6) is 1.25. The molecule has 0 unspecified atom stereocenters. The second kappa shape index (κ2) is 5.53. The van der Waals surface area contributed by atoms with Crippen LogP contribution in [0.25, 0.3) is 0 Å². The number of amides is 2. The molecule has 1 aromatic rings. The quantitative estimate of drug-likeness (QED) is 0.803. The fourth-order valence-electron chi connectivity index (χ4n) is 3.91. The van der Waals surface area contributed by atoms with Crippen molar-refractivity contribution in [3.05, 3.63) is 23.8 Å². The van der Waals surface area contributed by atoms with Crippen LogP contribution in [0, 0.1) is 11.8 Å². The van der Waals surface area contributed by atoms with Gasteiger partial charge in [-0.3, -0.25) is 9.59 Å². The number of likely N-dealkylation sites (tertiary alicyclic amines) is 1. The van der Waals surface area contributed by atoms with Crippen molar-refractivity contribution >= 4 is 23.2 Å². The number of hydrogen-bond acceptors (Lipinski definition) is 4. The molecule has 0 aromatic heterocycles. The molecule has 2 atom stereocenters. The second-order valence-corrected chi connectivity index (χ2v) is 6.84. The van der Waals surface area contributed by atoms with E-state index in [0.29, 0.717) is 30.4 Å². The van der Waals surface area contributed by atoms with E-state index < -0.39 is 0 Å². The van der Waals surface area contributed by atoms with E-state index in [2.05, 4.69) is 10.6 Å². The van der Waals surface area contributed by atoms with E-state index >= 15 is 0 Å². The number of nitrogens with one attached hydrogen (secondary N) is 2. The van der Waals surface area contributed by atoms with Crippen LogP contribution < -0.4 is 15.5 Å². The van der Waals surface area contributed by atoms with Gasteiger partial charge in [0.15, 0.2) is 0 Å². The van der Waals surface area contributed by atoms with Crippen LogP contribution in [-0.2, 0) is 4.79 Å². The molecule has 2 amide bonds. The zero-order chi connectivity index (χ0) is 16.0. The van der Waals surface area contributed by atoms with Crippen LogP contribution in [0.15, 0.2) is 18.2 Å². The first kappa shape index (κ1) is 14.5. The zero-order valence-electron chi connectivity index (χ0n) is 13.3. The highest BCUT2D eigenvalue weighted by molar-refractivity contribution is 6.01. The molecule has 3 aliphatic heterocycles. The number of rotatable bonds is 1. The third-order valence-electron chi connectivity index (χ3n) is 5.28. The molecule has 4 rings (SSSR count). The molecule has 3 heterocycles. The predicted molar refractivity (Wildman–Crippen MR) is 88.7 cm³/mol. The van der Waals surface area contributed by atoms with Gasteiger partial charge in [0.25, 0.3) is 5.91 Å². The average Bonchev–Trinajstić information content (AvgIpc) is 3.09. The molecule has 0 saturated carbocycles. The van der Waals surface area contributed by atoms with Crippen LogP contribution in [0.4, 0.5) is 11.4 Å². The molecule has 2 N–H and O–H groups in total. The predicted octanol–water partition coefficient (Wildman–Crippen LogP) is 0.756. The van der Waals surface area contributed by atoms with Gasteiger partial charge in [0.1, 0.15) is 0 Å². The SMILES string of the molecule is CN1CCC(=O)Nc2cc(C(=O)N3C[C@H]4CNC[C@H]4C3)ccc21. The van der Waals surface area contributed by atoms with Gasteiger partial charge in [0, 0.05) is 51.8 Å². The lowest BCUT2D eigenvalue weighted by molar-refractivity contribution is -0.115. The van der Waals surface area contributed by atoms with E-state index in [9.17, 15) is 9.59 Å². The number of anilines is 2. The van der Waals surface area contributed by atoms with Crippen LogP contribution >= 0.6 is 0 Å². The van der Waals surface area contributed by atoms with Gasteiger partial charge in [-0.25, -0.2) is 0 Å². The highest BCUT2D eigenvalue weighted by atomic mass is 16.2. The highest BCUT2D eigenvalue weighted by Crippen LogP contribution is 2.31. The molecular weight excluding hydrogens is 292 g/mol. The summed E-state index contributed by atoms with van der Waals surface area (Å²) in [4.78, 5) is 28.6. The Morgan fingerprint density at radius 3 is 2.70 bits per heavy atom. The number of carbonyl (C=O) groups is 2. The monoisotopic (exact) mass is 314 g/mol. The molecule has 1 aromatic carbocycles. The van der Waals surface area contributed by atoms with Crippen molar-refractivity contribution in [2.75, 3.05) is 50.0 Å². The van der Waals surface area contributed by atoms with Crippen LogP contribution in [0.2, 0.25) is 0 Å². The Kier molecular flexibility index (Phi) is 3.49. The Morgan fingerprint density at radius 1 is 1.22 bits per heavy atom. The number of fused-ring (bicyclic) bond motifs is 2. The van der Waals surface area contributed by atoms with Gasteiger partial charge in [0.05, 0.1) is 11.4 Å². The minimum Gasteiger partial charge on any atom is -0.372 e. The summed E-state index contributed by atoms with van der Waals surface area (Å²) in [7, 11) is 1.97. The third kappa shape index (κ3) is 2.57. The summed E-state index contributed by atoms with van der Waals surface area (Å²) in [6.07, 6.45) is 0.469. The van der Waals surface area contributed by atoms with Crippen molar-refractivity contribution in [2.24, 2.45) is 11.8 Å². The molecule has 3 aliphatic rings. The lowest BCUT2D eigenvalue weighted by atomic mass is 10.0. The number of hydrogen-bond donors (Lipinski definition) is 2. The second-order valence-electron chi connectivity index (χ2n) is 6.84. The molecule has 0 spiro atoms. The van der Waals surface area contributed by atoms with Crippen molar-refractivity contribution in [2.45, 2.75) is 6.42 Å². The zero-order valence-corrected chi connectivity index (χ0v) is 13.3. The minimum atomic E-state index is 0.00183. The number of carbonyl (C=O) groups excluding carboxylic acids is 2. The van der Waals surface area contributed by atoms with Gasteiger partial charge in [-0.15, -0.1) is 0 Å². The molecule has 6 heteroatoms. The fraction of sp³-hybridized carbons (Fsp3) is 0.529. The van der Waals surface area contributed by atoms with E-state index in [1.807, 2.05) is 35.0 Å². The molecule has 2 saturated heterocycles. The molecular formula is C17H22N4O2. The van der Waals surface area contributed by atoms with Crippen molar-refractivity contribution in [1.29, 1.82) is 0 Å². The van der Waals surface area contributed by atoms with Gasteiger partial charge < -0.3 is 20.4 Å². The lowest BCUT2D eigenvalue weighted by Crippen LogP contribution is -2.32. The van der Waals surface area contributed by atoms with Crippen LogP contribution in [0.3, 0.4) is 0 Å². The van der Waals surface area contributed by atoms with Crippen molar-refractivity contribution in [3.63, 3.8) is 0 Å². The summed E-state index contributed by atoms with van der Waals surface area (Å²) >= 11 is 0. The molecule has 6 nitrogen and oxygen atoms in total. The molecule has 0 aliphatic carbocycles. The molecule has 2 fully saturated rings. The van der Waals surface area contributed by atoms with E-state index in [1.165, 1.54) is 0 Å².